The molecule has 3 aromatic rings. The molecule has 0 aliphatic heterocycles. The second-order valence-corrected chi connectivity index (χ2v) is 9.99. The molecule has 3 rings (SSSR count). The molecule has 0 aliphatic rings. The number of halogens is 1. The number of hydrogen-bond donors (Lipinski definition) is 2. The van der Waals surface area contributed by atoms with Crippen LogP contribution in [0, 0.1) is 5.92 Å². The van der Waals surface area contributed by atoms with Gasteiger partial charge in [-0.1, -0.05) is 42.4 Å². The van der Waals surface area contributed by atoms with Gasteiger partial charge in [0.2, 0.25) is 5.91 Å². The summed E-state index contributed by atoms with van der Waals surface area (Å²) in [7, 11) is 1.87. The van der Waals surface area contributed by atoms with Gasteiger partial charge in [0.25, 0.3) is 0 Å². The van der Waals surface area contributed by atoms with Gasteiger partial charge in [0.05, 0.1) is 31.0 Å². The summed E-state index contributed by atoms with van der Waals surface area (Å²) in [5.74, 6) is 0.240. The summed E-state index contributed by atoms with van der Waals surface area (Å²) in [5, 5.41) is 7.07. The molecule has 2 N–H and O–H groups in total. The highest BCUT2D eigenvalue weighted by Crippen LogP contribution is 2.34. The topological polar surface area (TPSA) is 92.8 Å². The highest BCUT2D eigenvalue weighted by Gasteiger charge is 2.13. The number of pyridine rings is 1. The molecule has 2 aromatic carbocycles. The quantitative estimate of drug-likeness (QED) is 0.154. The first-order chi connectivity index (χ1) is 17.7. The Kier molecular flexibility index (Phi) is 10.5. The molecule has 1 heterocycles. The fraction of sp³-hybridized carbons (Fsp3) is 0.321. The molecule has 0 bridgehead atoms. The molecule has 0 saturated heterocycles. The van der Waals surface area contributed by atoms with Crippen molar-refractivity contribution >= 4 is 55.8 Å². The van der Waals surface area contributed by atoms with Gasteiger partial charge in [0.1, 0.15) is 5.75 Å². The molecule has 1 amide bonds. The number of fused-ring (bicyclic) bond motifs is 1. The fourth-order valence-corrected chi connectivity index (χ4v) is 3.93. The Labute approximate surface area is 226 Å². The van der Waals surface area contributed by atoms with Crippen LogP contribution in [0.2, 0.25) is 0 Å². The fourth-order valence-electron chi connectivity index (χ4n) is 3.53. The van der Waals surface area contributed by atoms with E-state index in [1.54, 1.807) is 6.20 Å². The Hall–Kier alpha value is -3.43. The predicted molar refractivity (Wildman–Crippen MR) is 151 cm³/mol. The van der Waals surface area contributed by atoms with Crippen LogP contribution in [-0.2, 0) is 14.3 Å². The first-order valence-electron chi connectivity index (χ1n) is 12.1. The van der Waals surface area contributed by atoms with Crippen molar-refractivity contribution in [3.63, 3.8) is 0 Å². The van der Waals surface area contributed by atoms with Gasteiger partial charge in [-0.2, -0.15) is 0 Å². The van der Waals surface area contributed by atoms with Crippen LogP contribution in [0.4, 0.5) is 17.1 Å². The van der Waals surface area contributed by atoms with E-state index in [0.29, 0.717) is 43.5 Å². The van der Waals surface area contributed by atoms with Crippen molar-refractivity contribution in [2.75, 3.05) is 44.0 Å². The lowest BCUT2D eigenvalue weighted by Gasteiger charge is -2.18. The zero-order valence-corrected chi connectivity index (χ0v) is 23.0. The maximum Gasteiger partial charge on any atom is 0.320 e. The number of anilines is 3. The number of nitrogens with zero attached hydrogens (tertiary/aromatic N) is 2. The maximum atomic E-state index is 12.1. The smallest absolute Gasteiger partial charge is 0.320 e. The molecule has 8 nitrogen and oxygen atoms in total. The second-order valence-electron chi connectivity index (χ2n) is 9.07. The molecule has 0 atom stereocenters. The number of esters is 1. The van der Waals surface area contributed by atoms with E-state index in [0.717, 1.165) is 26.8 Å². The van der Waals surface area contributed by atoms with Crippen molar-refractivity contribution < 1.29 is 19.1 Å². The molecular weight excluding hydrogens is 536 g/mol. The van der Waals surface area contributed by atoms with Gasteiger partial charge < -0.3 is 20.1 Å². The highest BCUT2D eigenvalue weighted by molar-refractivity contribution is 9.10. The molecule has 9 heteroatoms. The Morgan fingerprint density at radius 1 is 1.19 bits per heavy atom. The summed E-state index contributed by atoms with van der Waals surface area (Å²) in [6, 6.07) is 13.4. The summed E-state index contributed by atoms with van der Waals surface area (Å²) in [4.78, 5) is 30.4. The summed E-state index contributed by atoms with van der Waals surface area (Å²) in [6.07, 6.45) is 3.62. The highest BCUT2D eigenvalue weighted by atomic mass is 79.9. The minimum absolute atomic E-state index is 0.223. The van der Waals surface area contributed by atoms with E-state index >= 15 is 0 Å². The van der Waals surface area contributed by atoms with Gasteiger partial charge in [-0.05, 0) is 55.8 Å². The summed E-state index contributed by atoms with van der Waals surface area (Å²) in [5.41, 5.74) is 3.00. The molecule has 0 saturated carbocycles. The van der Waals surface area contributed by atoms with Gasteiger partial charge in [-0.15, -0.1) is 0 Å². The Morgan fingerprint density at radius 3 is 2.73 bits per heavy atom. The second kappa shape index (κ2) is 13.8. The number of nitrogens with one attached hydrogen (secondary N) is 2. The van der Waals surface area contributed by atoms with Crippen molar-refractivity contribution in [1.29, 1.82) is 0 Å². The summed E-state index contributed by atoms with van der Waals surface area (Å²) >= 11 is 3.49. The van der Waals surface area contributed by atoms with E-state index < -0.39 is 0 Å². The third-order valence-electron chi connectivity index (χ3n) is 5.31. The Balaban J connectivity index is 1.71. The normalized spacial score (nSPS) is 11.0. The number of hydrogen-bond acceptors (Lipinski definition) is 7. The molecule has 196 valence electrons. The van der Waals surface area contributed by atoms with Crippen LogP contribution in [0.5, 0.6) is 5.75 Å². The van der Waals surface area contributed by atoms with E-state index in [1.165, 1.54) is 6.08 Å². The Morgan fingerprint density at radius 2 is 2.00 bits per heavy atom. The number of aromatic nitrogens is 1. The summed E-state index contributed by atoms with van der Waals surface area (Å²) < 4.78 is 12.2. The SMILES string of the molecule is C=CC(=O)Nc1cc2c(Nc3cccc(Br)c3)ccnc2cc1OCCCN(C)CC(=O)OCC(C)C. The van der Waals surface area contributed by atoms with Crippen LogP contribution < -0.4 is 15.4 Å². The first-order valence-corrected chi connectivity index (χ1v) is 12.9. The van der Waals surface area contributed by atoms with E-state index in [9.17, 15) is 9.59 Å². The monoisotopic (exact) mass is 568 g/mol. The zero-order valence-electron chi connectivity index (χ0n) is 21.4. The number of benzene rings is 2. The van der Waals surface area contributed by atoms with Crippen LogP contribution in [-0.4, -0.2) is 55.1 Å². The molecule has 1 aromatic heterocycles. The number of amides is 1. The molecule has 0 unspecified atom stereocenters. The van der Waals surface area contributed by atoms with Gasteiger partial charge in [-0.3, -0.25) is 19.5 Å². The molecule has 0 radical (unpaired) electrons. The minimum atomic E-state index is -0.339. The van der Waals surface area contributed by atoms with E-state index in [4.69, 9.17) is 9.47 Å². The standard InChI is InChI=1S/C28H33BrN4O4/c1-5-27(34)32-25-15-22-23(31-21-9-6-8-20(29)14-21)10-11-30-24(22)16-26(25)36-13-7-12-33(4)17-28(35)37-18-19(2)3/h5-6,8-11,14-16,19H,1,7,12-13,17-18H2,2-4H3,(H,30,31)(H,32,34). The van der Waals surface area contributed by atoms with Crippen LogP contribution in [0.15, 0.2) is 65.8 Å². The lowest BCUT2D eigenvalue weighted by molar-refractivity contribution is -0.145. The molecule has 0 fully saturated rings. The average Bonchev–Trinajstić information content (AvgIpc) is 2.85. The van der Waals surface area contributed by atoms with Crippen molar-refractivity contribution in [2.45, 2.75) is 20.3 Å². The van der Waals surface area contributed by atoms with Crippen LogP contribution in [0.3, 0.4) is 0 Å². The maximum absolute atomic E-state index is 12.1. The van der Waals surface area contributed by atoms with E-state index in [-0.39, 0.29) is 18.4 Å². The van der Waals surface area contributed by atoms with Crippen LogP contribution >= 0.6 is 15.9 Å². The first kappa shape index (κ1) is 28.1. The largest absolute Gasteiger partial charge is 0.491 e. The van der Waals surface area contributed by atoms with Crippen molar-refractivity contribution in [3.8, 4) is 5.75 Å². The lowest BCUT2D eigenvalue weighted by Crippen LogP contribution is -2.29. The van der Waals surface area contributed by atoms with E-state index in [1.807, 2.05) is 68.3 Å². The number of carbonyl (C=O) groups is 2. The lowest BCUT2D eigenvalue weighted by atomic mass is 10.1. The van der Waals surface area contributed by atoms with Gasteiger partial charge >= 0.3 is 5.97 Å². The van der Waals surface area contributed by atoms with Gasteiger partial charge in [0, 0.05) is 40.0 Å². The van der Waals surface area contributed by atoms with Gasteiger partial charge in [0.15, 0.2) is 0 Å². The van der Waals surface area contributed by atoms with Gasteiger partial charge in [-0.25, -0.2) is 0 Å². The third-order valence-corrected chi connectivity index (χ3v) is 5.80. The molecule has 0 aliphatic carbocycles. The predicted octanol–water partition coefficient (Wildman–Crippen LogP) is 5.77. The molecule has 0 spiro atoms. The number of likely N-dealkylation sites (N-methyl/N-ethyl adjacent to an activating group) is 1. The van der Waals surface area contributed by atoms with Crippen molar-refractivity contribution in [2.24, 2.45) is 5.92 Å². The molecular formula is C28H33BrN4O4. The minimum Gasteiger partial charge on any atom is -0.491 e. The average molecular weight is 570 g/mol. The summed E-state index contributed by atoms with van der Waals surface area (Å²) in [6.45, 7) is 9.24. The van der Waals surface area contributed by atoms with Crippen LogP contribution in [0.1, 0.15) is 20.3 Å². The number of ether oxygens (including phenoxy) is 2. The third kappa shape index (κ3) is 8.87. The molecule has 37 heavy (non-hydrogen) atoms. The number of rotatable bonds is 13. The number of carbonyl (C=O) groups excluding carboxylic acids is 2. The van der Waals surface area contributed by atoms with E-state index in [2.05, 4.69) is 38.1 Å². The zero-order chi connectivity index (χ0) is 26.8. The Bertz CT molecular complexity index is 1250. The van der Waals surface area contributed by atoms with Crippen molar-refractivity contribution in [1.82, 2.24) is 9.88 Å². The van der Waals surface area contributed by atoms with Crippen molar-refractivity contribution in [3.05, 3.63) is 65.8 Å². The van der Waals surface area contributed by atoms with Crippen LogP contribution in [0.25, 0.3) is 10.9 Å².